The molecule has 0 aromatic heterocycles. The van der Waals surface area contributed by atoms with Crippen molar-refractivity contribution < 1.29 is 23.2 Å². The lowest BCUT2D eigenvalue weighted by Gasteiger charge is -2.35. The molecule has 0 bridgehead atoms. The van der Waals surface area contributed by atoms with Crippen molar-refractivity contribution in [3.05, 3.63) is 33.9 Å². The zero-order chi connectivity index (χ0) is 20.4. The number of nitrogens with zero attached hydrogens (tertiary/aromatic N) is 3. The Balaban J connectivity index is 2.25. The molecule has 1 aliphatic rings. The van der Waals surface area contributed by atoms with Gasteiger partial charge in [-0.15, -0.1) is 0 Å². The van der Waals surface area contributed by atoms with E-state index in [2.05, 4.69) is 0 Å². The number of alkyl halides is 2. The van der Waals surface area contributed by atoms with Crippen molar-refractivity contribution in [1.29, 1.82) is 0 Å². The molecule has 0 saturated carbocycles. The molecule has 0 N–H and O–H groups in total. The van der Waals surface area contributed by atoms with Crippen LogP contribution in [-0.2, 0) is 11.3 Å². The molecule has 0 spiro atoms. The Bertz CT molecular complexity index is 709. The lowest BCUT2D eigenvalue weighted by molar-refractivity contribution is -0.384. The van der Waals surface area contributed by atoms with Gasteiger partial charge in [0.25, 0.3) is 11.6 Å². The Kier molecular flexibility index (Phi) is 5.91. The molecule has 1 fully saturated rings. The standard InChI is InChI=1S/C18H25F2N3O4/c1-17(2,3)27-16(24)21(4)12-13-11-14(23(25)26)5-6-15(13)22-9-7-18(19,20)8-10-22/h5-6,11H,7-10,12H2,1-4H3. The zero-order valence-corrected chi connectivity index (χ0v) is 16.0. The van der Waals surface area contributed by atoms with Gasteiger partial charge in [-0.05, 0) is 26.8 Å². The van der Waals surface area contributed by atoms with Gasteiger partial charge in [0.2, 0.25) is 0 Å². The maximum absolute atomic E-state index is 13.5. The second-order valence-electron chi connectivity index (χ2n) is 7.75. The molecule has 1 heterocycles. The fourth-order valence-electron chi connectivity index (χ4n) is 2.86. The maximum atomic E-state index is 13.5. The van der Waals surface area contributed by atoms with Gasteiger partial charge in [-0.2, -0.15) is 0 Å². The first-order chi connectivity index (χ1) is 12.4. The van der Waals surface area contributed by atoms with Crippen molar-refractivity contribution in [3.63, 3.8) is 0 Å². The number of hydrogen-bond donors (Lipinski definition) is 0. The van der Waals surface area contributed by atoms with E-state index in [1.807, 2.05) is 0 Å². The zero-order valence-electron chi connectivity index (χ0n) is 16.0. The van der Waals surface area contributed by atoms with Gasteiger partial charge in [-0.25, -0.2) is 13.6 Å². The molecule has 27 heavy (non-hydrogen) atoms. The molecule has 1 aromatic rings. The van der Waals surface area contributed by atoms with E-state index in [-0.39, 0.29) is 38.2 Å². The third kappa shape index (κ3) is 5.77. The van der Waals surface area contributed by atoms with E-state index in [1.165, 1.54) is 24.1 Å². The molecule has 150 valence electrons. The van der Waals surface area contributed by atoms with Crippen molar-refractivity contribution in [2.75, 3.05) is 25.0 Å². The average molecular weight is 385 g/mol. The summed E-state index contributed by atoms with van der Waals surface area (Å²) in [5, 5.41) is 11.1. The molecule has 1 amide bonds. The quantitative estimate of drug-likeness (QED) is 0.574. The predicted molar refractivity (Wildman–Crippen MR) is 97.2 cm³/mol. The van der Waals surface area contributed by atoms with Crippen molar-refractivity contribution in [3.8, 4) is 0 Å². The van der Waals surface area contributed by atoms with Crippen LogP contribution in [0.5, 0.6) is 0 Å². The molecule has 1 aliphatic heterocycles. The topological polar surface area (TPSA) is 75.9 Å². The van der Waals surface area contributed by atoms with Crippen LogP contribution in [0.2, 0.25) is 0 Å². The van der Waals surface area contributed by atoms with Crippen LogP contribution < -0.4 is 4.90 Å². The summed E-state index contributed by atoms with van der Waals surface area (Å²) in [6.07, 6.45) is -1.11. The van der Waals surface area contributed by atoms with Gasteiger partial charge < -0.3 is 14.5 Å². The maximum Gasteiger partial charge on any atom is 0.410 e. The second-order valence-corrected chi connectivity index (χ2v) is 7.75. The van der Waals surface area contributed by atoms with Crippen molar-refractivity contribution >= 4 is 17.5 Å². The number of piperidine rings is 1. The summed E-state index contributed by atoms with van der Waals surface area (Å²) in [7, 11) is 1.53. The van der Waals surface area contributed by atoms with Crippen molar-refractivity contribution in [1.82, 2.24) is 4.90 Å². The van der Waals surface area contributed by atoms with Crippen LogP contribution in [0.1, 0.15) is 39.2 Å². The van der Waals surface area contributed by atoms with Gasteiger partial charge in [0.05, 0.1) is 11.5 Å². The van der Waals surface area contributed by atoms with Crippen LogP contribution >= 0.6 is 0 Å². The molecule has 0 radical (unpaired) electrons. The second kappa shape index (κ2) is 7.66. The Morgan fingerprint density at radius 3 is 2.44 bits per heavy atom. The minimum Gasteiger partial charge on any atom is -0.444 e. The molecule has 2 rings (SSSR count). The number of rotatable bonds is 4. The third-order valence-corrected chi connectivity index (χ3v) is 4.22. The molecule has 1 saturated heterocycles. The van der Waals surface area contributed by atoms with Gasteiger partial charge >= 0.3 is 6.09 Å². The van der Waals surface area contributed by atoms with Crippen LogP contribution in [0.15, 0.2) is 18.2 Å². The molecular formula is C18H25F2N3O4. The van der Waals surface area contributed by atoms with Crippen LogP contribution in [0.3, 0.4) is 0 Å². The summed E-state index contributed by atoms with van der Waals surface area (Å²) < 4.78 is 32.2. The Labute approximate surface area is 157 Å². The SMILES string of the molecule is CN(Cc1cc([N+](=O)[O-])ccc1N1CCC(F)(F)CC1)C(=O)OC(C)(C)C. The van der Waals surface area contributed by atoms with E-state index in [4.69, 9.17) is 4.74 Å². The number of nitro benzene ring substituents is 1. The number of amides is 1. The molecular weight excluding hydrogens is 360 g/mol. The monoisotopic (exact) mass is 385 g/mol. The van der Waals surface area contributed by atoms with E-state index in [0.717, 1.165) is 0 Å². The molecule has 7 nitrogen and oxygen atoms in total. The summed E-state index contributed by atoms with van der Waals surface area (Å²) in [6, 6.07) is 4.28. The molecule has 1 aromatic carbocycles. The number of nitro groups is 1. The van der Waals surface area contributed by atoms with E-state index in [9.17, 15) is 23.7 Å². The first kappa shape index (κ1) is 20.9. The minimum atomic E-state index is -2.69. The van der Waals surface area contributed by atoms with E-state index >= 15 is 0 Å². The highest BCUT2D eigenvalue weighted by Crippen LogP contribution is 2.33. The smallest absolute Gasteiger partial charge is 0.410 e. The highest BCUT2D eigenvalue weighted by molar-refractivity contribution is 5.68. The van der Waals surface area contributed by atoms with Gasteiger partial charge in [-0.1, -0.05) is 0 Å². The van der Waals surface area contributed by atoms with Crippen molar-refractivity contribution in [2.24, 2.45) is 0 Å². The largest absolute Gasteiger partial charge is 0.444 e. The first-order valence-corrected chi connectivity index (χ1v) is 8.72. The predicted octanol–water partition coefficient (Wildman–Crippen LogP) is 4.20. The first-order valence-electron chi connectivity index (χ1n) is 8.72. The summed E-state index contributed by atoms with van der Waals surface area (Å²) in [5.74, 6) is -2.69. The number of ether oxygens (including phenoxy) is 1. The molecule has 9 heteroatoms. The lowest BCUT2D eigenvalue weighted by atomic mass is 10.0. The fraction of sp³-hybridized carbons (Fsp3) is 0.611. The highest BCUT2D eigenvalue weighted by Gasteiger charge is 2.35. The molecule has 0 atom stereocenters. The number of carbonyl (C=O) groups excluding carboxylic acids is 1. The number of benzene rings is 1. The lowest BCUT2D eigenvalue weighted by Crippen LogP contribution is -2.40. The van der Waals surface area contributed by atoms with Gasteiger partial charge in [-0.3, -0.25) is 10.1 Å². The van der Waals surface area contributed by atoms with Crippen LogP contribution in [-0.4, -0.2) is 47.6 Å². The van der Waals surface area contributed by atoms with Crippen molar-refractivity contribution in [2.45, 2.75) is 51.7 Å². The number of halogens is 2. The number of carbonyl (C=O) groups is 1. The fourth-order valence-corrected chi connectivity index (χ4v) is 2.86. The van der Waals surface area contributed by atoms with Crippen LogP contribution in [0, 0.1) is 10.1 Å². The van der Waals surface area contributed by atoms with Crippen LogP contribution in [0.25, 0.3) is 0 Å². The normalized spacial score (nSPS) is 16.7. The Hall–Kier alpha value is -2.45. The van der Waals surface area contributed by atoms with E-state index in [1.54, 1.807) is 31.7 Å². The number of anilines is 1. The minimum absolute atomic E-state index is 0.0683. The summed E-state index contributed by atoms with van der Waals surface area (Å²) >= 11 is 0. The van der Waals surface area contributed by atoms with Gasteiger partial charge in [0.1, 0.15) is 5.60 Å². The van der Waals surface area contributed by atoms with Gasteiger partial charge in [0, 0.05) is 56.4 Å². The van der Waals surface area contributed by atoms with E-state index in [0.29, 0.717) is 11.3 Å². The average Bonchev–Trinajstić information content (AvgIpc) is 2.53. The van der Waals surface area contributed by atoms with Crippen LogP contribution in [0.4, 0.5) is 25.0 Å². The Morgan fingerprint density at radius 2 is 1.93 bits per heavy atom. The number of hydrogen-bond acceptors (Lipinski definition) is 5. The number of non-ortho nitro benzene ring substituents is 1. The third-order valence-electron chi connectivity index (χ3n) is 4.22. The summed E-state index contributed by atoms with van der Waals surface area (Å²) in [4.78, 5) is 25.9. The van der Waals surface area contributed by atoms with Gasteiger partial charge in [0.15, 0.2) is 0 Å². The molecule has 0 unspecified atom stereocenters. The molecule has 0 aliphatic carbocycles. The summed E-state index contributed by atoms with van der Waals surface area (Å²) in [5.41, 5.74) is 0.345. The summed E-state index contributed by atoms with van der Waals surface area (Å²) in [6.45, 7) is 5.59. The highest BCUT2D eigenvalue weighted by atomic mass is 19.3. The van der Waals surface area contributed by atoms with E-state index < -0.39 is 22.5 Å². The Morgan fingerprint density at radius 1 is 1.33 bits per heavy atom.